The van der Waals surface area contributed by atoms with Gasteiger partial charge in [-0.3, -0.25) is 0 Å². The highest BCUT2D eigenvalue weighted by Crippen LogP contribution is 2.33. The maximum atomic E-state index is 12.7. The van der Waals surface area contributed by atoms with Crippen LogP contribution in [0.5, 0.6) is 0 Å². The monoisotopic (exact) mass is 469 g/mol. The second kappa shape index (κ2) is 9.40. The van der Waals surface area contributed by atoms with Crippen LogP contribution in [0.4, 0.5) is 10.7 Å². The fourth-order valence-corrected chi connectivity index (χ4v) is 5.72. The summed E-state index contributed by atoms with van der Waals surface area (Å²) >= 11 is 6.76. The van der Waals surface area contributed by atoms with Crippen LogP contribution in [0.15, 0.2) is 29.2 Å². The molecule has 0 spiro atoms. The van der Waals surface area contributed by atoms with Crippen LogP contribution in [-0.4, -0.2) is 57.2 Å². The van der Waals surface area contributed by atoms with E-state index in [0.29, 0.717) is 42.6 Å². The second-order valence-corrected chi connectivity index (χ2v) is 10.2. The number of morpholine rings is 1. The summed E-state index contributed by atoms with van der Waals surface area (Å²) in [6, 6.07) is 6.37. The topological polar surface area (TPSA) is 97.0 Å². The SMILES string of the molecule is COC(=O)c1c(NC(=S)Nc2ccc(S(=O)(=O)N3CCOCC3)cc2)sc(C)c1C. The molecule has 2 heterocycles. The van der Waals surface area contributed by atoms with E-state index in [4.69, 9.17) is 21.7 Å². The number of carbonyl (C=O) groups is 1. The summed E-state index contributed by atoms with van der Waals surface area (Å²) in [6.45, 7) is 5.26. The van der Waals surface area contributed by atoms with Crippen molar-refractivity contribution in [2.24, 2.45) is 0 Å². The Labute approximate surface area is 185 Å². The minimum Gasteiger partial charge on any atom is -0.465 e. The Bertz CT molecular complexity index is 1040. The number of aryl methyl sites for hydroxylation is 1. The van der Waals surface area contributed by atoms with Gasteiger partial charge in [0.05, 0.1) is 30.8 Å². The Morgan fingerprint density at radius 3 is 2.40 bits per heavy atom. The zero-order chi connectivity index (χ0) is 21.9. The minimum absolute atomic E-state index is 0.214. The molecule has 1 aliphatic rings. The van der Waals surface area contributed by atoms with Crippen molar-refractivity contribution < 1.29 is 22.7 Å². The van der Waals surface area contributed by atoms with Crippen molar-refractivity contribution in [3.63, 3.8) is 0 Å². The predicted octanol–water partition coefficient (Wildman–Crippen LogP) is 2.98. The van der Waals surface area contributed by atoms with Gasteiger partial charge in [-0.2, -0.15) is 4.31 Å². The molecule has 2 N–H and O–H groups in total. The van der Waals surface area contributed by atoms with Crippen LogP contribution in [0.25, 0.3) is 0 Å². The van der Waals surface area contributed by atoms with E-state index in [2.05, 4.69) is 10.6 Å². The molecule has 11 heteroatoms. The lowest BCUT2D eigenvalue weighted by atomic mass is 10.1. The molecule has 2 aromatic rings. The van der Waals surface area contributed by atoms with Crippen molar-refractivity contribution in [1.82, 2.24) is 4.31 Å². The number of nitrogens with zero attached hydrogens (tertiary/aromatic N) is 1. The molecule has 30 heavy (non-hydrogen) atoms. The van der Waals surface area contributed by atoms with E-state index in [1.807, 2.05) is 13.8 Å². The highest BCUT2D eigenvalue weighted by atomic mass is 32.2. The van der Waals surface area contributed by atoms with E-state index >= 15 is 0 Å². The molecular weight excluding hydrogens is 446 g/mol. The molecule has 1 aromatic carbocycles. The van der Waals surface area contributed by atoms with Crippen molar-refractivity contribution in [2.45, 2.75) is 18.7 Å². The Morgan fingerprint density at radius 2 is 1.80 bits per heavy atom. The normalized spacial score (nSPS) is 14.9. The van der Waals surface area contributed by atoms with Crippen molar-refractivity contribution >= 4 is 55.3 Å². The lowest BCUT2D eigenvalue weighted by molar-refractivity contribution is 0.0601. The first-order valence-electron chi connectivity index (χ1n) is 9.18. The molecule has 1 aromatic heterocycles. The molecule has 0 saturated carbocycles. The Balaban J connectivity index is 1.70. The number of thiocarbonyl (C=S) groups is 1. The van der Waals surface area contributed by atoms with E-state index in [-0.39, 0.29) is 10.0 Å². The van der Waals surface area contributed by atoms with E-state index in [0.717, 1.165) is 10.4 Å². The zero-order valence-corrected chi connectivity index (χ0v) is 19.3. The quantitative estimate of drug-likeness (QED) is 0.510. The van der Waals surface area contributed by atoms with Gasteiger partial charge in [0.25, 0.3) is 0 Å². The Morgan fingerprint density at radius 1 is 1.17 bits per heavy atom. The molecule has 0 atom stereocenters. The number of methoxy groups -OCH3 is 1. The number of hydrogen-bond acceptors (Lipinski definition) is 7. The van der Waals surface area contributed by atoms with Crippen molar-refractivity contribution in [3.05, 3.63) is 40.3 Å². The smallest absolute Gasteiger partial charge is 0.341 e. The third kappa shape index (κ3) is 4.81. The van der Waals surface area contributed by atoms with Gasteiger partial charge in [-0.15, -0.1) is 11.3 Å². The number of anilines is 2. The first-order chi connectivity index (χ1) is 14.2. The number of nitrogens with one attached hydrogen (secondary N) is 2. The van der Waals surface area contributed by atoms with E-state index in [9.17, 15) is 13.2 Å². The average molecular weight is 470 g/mol. The molecule has 0 radical (unpaired) electrons. The highest BCUT2D eigenvalue weighted by Gasteiger charge is 2.26. The summed E-state index contributed by atoms with van der Waals surface area (Å²) in [5.41, 5.74) is 1.92. The van der Waals surface area contributed by atoms with E-state index in [1.165, 1.54) is 34.9 Å². The summed E-state index contributed by atoms with van der Waals surface area (Å²) in [5, 5.41) is 6.92. The molecule has 1 aliphatic heterocycles. The van der Waals surface area contributed by atoms with Crippen LogP contribution in [0.3, 0.4) is 0 Å². The van der Waals surface area contributed by atoms with Gasteiger partial charge in [0.15, 0.2) is 5.11 Å². The van der Waals surface area contributed by atoms with E-state index < -0.39 is 16.0 Å². The largest absolute Gasteiger partial charge is 0.465 e. The maximum Gasteiger partial charge on any atom is 0.341 e. The molecule has 8 nitrogen and oxygen atoms in total. The van der Waals surface area contributed by atoms with Crippen LogP contribution in [0.1, 0.15) is 20.8 Å². The minimum atomic E-state index is -3.55. The van der Waals surface area contributed by atoms with Crippen LogP contribution in [0.2, 0.25) is 0 Å². The molecule has 3 rings (SSSR count). The third-order valence-electron chi connectivity index (χ3n) is 4.72. The summed E-state index contributed by atoms with van der Waals surface area (Å²) in [5.74, 6) is -0.431. The summed E-state index contributed by atoms with van der Waals surface area (Å²) < 4.78 is 36.9. The highest BCUT2D eigenvalue weighted by molar-refractivity contribution is 7.89. The van der Waals surface area contributed by atoms with Gasteiger partial charge in [-0.25, -0.2) is 13.2 Å². The van der Waals surface area contributed by atoms with Gasteiger partial charge in [-0.05, 0) is 55.9 Å². The number of rotatable bonds is 5. The van der Waals surface area contributed by atoms with Crippen LogP contribution >= 0.6 is 23.6 Å². The number of ether oxygens (including phenoxy) is 2. The van der Waals surface area contributed by atoms with Gasteiger partial charge < -0.3 is 20.1 Å². The molecule has 0 amide bonds. The number of hydrogen-bond donors (Lipinski definition) is 2. The van der Waals surface area contributed by atoms with Gasteiger partial charge in [0.2, 0.25) is 10.0 Å². The van der Waals surface area contributed by atoms with Gasteiger partial charge >= 0.3 is 5.97 Å². The van der Waals surface area contributed by atoms with Gasteiger partial charge in [0, 0.05) is 23.7 Å². The van der Waals surface area contributed by atoms with Crippen LogP contribution in [0, 0.1) is 13.8 Å². The number of carbonyl (C=O) groups excluding carboxylic acids is 1. The second-order valence-electron chi connectivity index (χ2n) is 6.60. The molecule has 0 unspecified atom stereocenters. The number of thiophene rings is 1. The maximum absolute atomic E-state index is 12.7. The molecule has 162 valence electrons. The molecule has 0 bridgehead atoms. The van der Waals surface area contributed by atoms with Crippen molar-refractivity contribution in [2.75, 3.05) is 44.0 Å². The zero-order valence-electron chi connectivity index (χ0n) is 16.9. The van der Waals surface area contributed by atoms with E-state index in [1.54, 1.807) is 12.1 Å². The fraction of sp³-hybridized carbons (Fsp3) is 0.368. The number of esters is 1. The number of benzene rings is 1. The molecule has 0 aliphatic carbocycles. The first kappa shape index (κ1) is 22.6. The first-order valence-corrected chi connectivity index (χ1v) is 11.8. The summed E-state index contributed by atoms with van der Waals surface area (Å²) in [6.07, 6.45) is 0. The lowest BCUT2D eigenvalue weighted by Gasteiger charge is -2.26. The number of sulfonamides is 1. The third-order valence-corrected chi connectivity index (χ3v) is 7.96. The summed E-state index contributed by atoms with van der Waals surface area (Å²) in [4.78, 5) is 13.3. The van der Waals surface area contributed by atoms with Crippen LogP contribution in [-0.2, 0) is 19.5 Å². The van der Waals surface area contributed by atoms with Gasteiger partial charge in [0.1, 0.15) is 5.00 Å². The molecule has 1 saturated heterocycles. The fourth-order valence-electron chi connectivity index (χ4n) is 2.97. The van der Waals surface area contributed by atoms with Gasteiger partial charge in [-0.1, -0.05) is 0 Å². The predicted molar refractivity (Wildman–Crippen MR) is 121 cm³/mol. The molecule has 1 fully saturated rings. The van der Waals surface area contributed by atoms with Crippen LogP contribution < -0.4 is 10.6 Å². The van der Waals surface area contributed by atoms with Crippen molar-refractivity contribution in [3.8, 4) is 0 Å². The standard InChI is InChI=1S/C19H23N3O5S3/c1-12-13(2)29-17(16(12)18(23)26-3)21-19(28)20-14-4-6-15(7-5-14)30(24,25)22-8-10-27-11-9-22/h4-7H,8-11H2,1-3H3,(H2,20,21,28). The Kier molecular flexibility index (Phi) is 7.09. The average Bonchev–Trinajstić information content (AvgIpc) is 3.01. The lowest BCUT2D eigenvalue weighted by Crippen LogP contribution is -2.40. The Hall–Kier alpha value is -2.05. The molecular formula is C19H23N3O5S3. The van der Waals surface area contributed by atoms with Crippen molar-refractivity contribution in [1.29, 1.82) is 0 Å². The summed E-state index contributed by atoms with van der Waals surface area (Å²) in [7, 11) is -2.21.